The van der Waals surface area contributed by atoms with Crippen molar-refractivity contribution < 1.29 is 0 Å². The Morgan fingerprint density at radius 3 is 2.58 bits per heavy atom. The van der Waals surface area contributed by atoms with Gasteiger partial charge in [0.05, 0.1) is 0 Å². The Labute approximate surface area is 116 Å². The normalized spacial score (nSPS) is 13.9. The van der Waals surface area contributed by atoms with Gasteiger partial charge in [0.25, 0.3) is 0 Å². The number of H-pyrrole nitrogens is 1. The van der Waals surface area contributed by atoms with Gasteiger partial charge in [-0.3, -0.25) is 0 Å². The van der Waals surface area contributed by atoms with Gasteiger partial charge in [-0.25, -0.2) is 0 Å². The van der Waals surface area contributed by atoms with E-state index in [1.165, 1.54) is 35.0 Å². The lowest BCUT2D eigenvalue weighted by Crippen LogP contribution is -2.21. The Balaban J connectivity index is 2.24. The maximum absolute atomic E-state index is 5.84. The minimum absolute atomic E-state index is 0.179. The summed E-state index contributed by atoms with van der Waals surface area (Å²) >= 11 is 0. The Kier molecular flexibility index (Phi) is 4.00. The summed E-state index contributed by atoms with van der Waals surface area (Å²) in [5.41, 5.74) is 10.0. The molecule has 2 nitrogen and oxygen atoms in total. The van der Waals surface area contributed by atoms with Crippen LogP contribution >= 0.6 is 0 Å². The first kappa shape index (κ1) is 14.1. The molecule has 0 fully saturated rings. The molecule has 2 heteroatoms. The van der Waals surface area contributed by atoms with Crippen LogP contribution in [0.5, 0.6) is 0 Å². The summed E-state index contributed by atoms with van der Waals surface area (Å²) in [5.74, 6) is 0. The molecule has 1 aromatic carbocycles. The van der Waals surface area contributed by atoms with Crippen molar-refractivity contribution in [2.24, 2.45) is 5.73 Å². The van der Waals surface area contributed by atoms with Crippen LogP contribution in [-0.2, 0) is 5.41 Å². The molecule has 19 heavy (non-hydrogen) atoms. The van der Waals surface area contributed by atoms with E-state index in [9.17, 15) is 0 Å². The monoisotopic (exact) mass is 258 g/mol. The number of aromatic nitrogens is 1. The number of rotatable bonds is 5. The van der Waals surface area contributed by atoms with Crippen LogP contribution < -0.4 is 5.73 Å². The van der Waals surface area contributed by atoms with E-state index in [1.807, 2.05) is 0 Å². The number of benzene rings is 1. The summed E-state index contributed by atoms with van der Waals surface area (Å²) in [4.78, 5) is 3.61. The lowest BCUT2D eigenvalue weighted by Gasteiger charge is -2.25. The molecule has 104 valence electrons. The van der Waals surface area contributed by atoms with E-state index in [1.54, 1.807) is 0 Å². The van der Waals surface area contributed by atoms with Crippen molar-refractivity contribution in [3.63, 3.8) is 0 Å². The number of para-hydroxylation sites is 1. The summed E-state index contributed by atoms with van der Waals surface area (Å²) < 4.78 is 0. The van der Waals surface area contributed by atoms with Gasteiger partial charge in [0.1, 0.15) is 0 Å². The molecule has 0 spiro atoms. The molecule has 1 unspecified atom stereocenters. The molecule has 1 atom stereocenters. The van der Waals surface area contributed by atoms with Gasteiger partial charge in [0.2, 0.25) is 0 Å². The number of fused-ring (bicyclic) bond motifs is 1. The van der Waals surface area contributed by atoms with Crippen molar-refractivity contribution in [3.05, 3.63) is 35.5 Å². The Hall–Kier alpha value is -1.28. The second-order valence-corrected chi connectivity index (χ2v) is 6.42. The predicted octanol–water partition coefficient (Wildman–Crippen LogP) is 4.27. The van der Waals surface area contributed by atoms with Crippen molar-refractivity contribution >= 4 is 10.9 Å². The van der Waals surface area contributed by atoms with Gasteiger partial charge < -0.3 is 10.7 Å². The summed E-state index contributed by atoms with van der Waals surface area (Å²) in [7, 11) is 0. The van der Waals surface area contributed by atoms with Crippen LogP contribution in [0.25, 0.3) is 10.9 Å². The number of aryl methyl sites for hydroxylation is 1. The fourth-order valence-electron chi connectivity index (χ4n) is 2.95. The molecular formula is C17H26N2. The first-order valence-electron chi connectivity index (χ1n) is 7.25. The minimum atomic E-state index is 0.179. The minimum Gasteiger partial charge on any atom is -0.358 e. The standard InChI is InChI=1S/C17H26N2/c1-12(18)8-7-11-17(3,4)16-13(2)14-9-5-6-10-15(14)19-16/h5-6,9-10,12,19H,7-8,11,18H2,1-4H3. The highest BCUT2D eigenvalue weighted by Gasteiger charge is 2.25. The zero-order valence-electron chi connectivity index (χ0n) is 12.6. The second-order valence-electron chi connectivity index (χ2n) is 6.42. The quantitative estimate of drug-likeness (QED) is 0.826. The average Bonchev–Trinajstić information content (AvgIpc) is 2.67. The maximum atomic E-state index is 5.84. The zero-order chi connectivity index (χ0) is 14.0. The molecule has 2 rings (SSSR count). The van der Waals surface area contributed by atoms with Crippen molar-refractivity contribution in [1.29, 1.82) is 0 Å². The predicted molar refractivity (Wildman–Crippen MR) is 83.6 cm³/mol. The Bertz CT molecular complexity index is 549. The molecule has 3 N–H and O–H groups in total. The topological polar surface area (TPSA) is 41.8 Å². The van der Waals surface area contributed by atoms with Crippen LogP contribution in [-0.4, -0.2) is 11.0 Å². The Morgan fingerprint density at radius 2 is 1.95 bits per heavy atom. The second kappa shape index (κ2) is 5.38. The fraction of sp³-hybridized carbons (Fsp3) is 0.529. The van der Waals surface area contributed by atoms with E-state index >= 15 is 0 Å². The third-order valence-corrected chi connectivity index (χ3v) is 4.10. The first-order valence-corrected chi connectivity index (χ1v) is 7.25. The van der Waals surface area contributed by atoms with Crippen molar-refractivity contribution in [1.82, 2.24) is 4.98 Å². The van der Waals surface area contributed by atoms with Crippen LogP contribution in [0, 0.1) is 6.92 Å². The summed E-state index contributed by atoms with van der Waals surface area (Å²) in [6, 6.07) is 8.85. The third-order valence-electron chi connectivity index (χ3n) is 4.10. The van der Waals surface area contributed by atoms with Gasteiger partial charge in [-0.1, -0.05) is 38.5 Å². The maximum Gasteiger partial charge on any atom is 0.0458 e. The highest BCUT2D eigenvalue weighted by atomic mass is 14.7. The molecule has 0 amide bonds. The van der Waals surface area contributed by atoms with E-state index < -0.39 is 0 Å². The van der Waals surface area contributed by atoms with Gasteiger partial charge in [0, 0.05) is 28.1 Å². The molecule has 2 aromatic rings. The van der Waals surface area contributed by atoms with Gasteiger partial charge in [-0.05, 0) is 38.3 Å². The molecule has 0 aliphatic heterocycles. The van der Waals surface area contributed by atoms with Gasteiger partial charge in [0.15, 0.2) is 0 Å². The SMILES string of the molecule is Cc1c(C(C)(C)CCCC(C)N)[nH]c2ccccc12. The number of hydrogen-bond acceptors (Lipinski definition) is 1. The summed E-state index contributed by atoms with van der Waals surface area (Å²) in [6.45, 7) is 8.96. The van der Waals surface area contributed by atoms with Crippen molar-refractivity contribution in [2.75, 3.05) is 0 Å². The van der Waals surface area contributed by atoms with Crippen LogP contribution in [0.2, 0.25) is 0 Å². The zero-order valence-corrected chi connectivity index (χ0v) is 12.6. The number of nitrogens with two attached hydrogens (primary N) is 1. The molecule has 0 bridgehead atoms. The molecule has 0 saturated carbocycles. The molecule has 0 radical (unpaired) electrons. The largest absolute Gasteiger partial charge is 0.358 e. The van der Waals surface area contributed by atoms with E-state index in [4.69, 9.17) is 5.73 Å². The van der Waals surface area contributed by atoms with Crippen molar-refractivity contribution in [2.45, 2.75) is 58.4 Å². The number of nitrogens with one attached hydrogen (secondary N) is 1. The van der Waals surface area contributed by atoms with E-state index in [0.717, 1.165) is 6.42 Å². The number of hydrogen-bond donors (Lipinski definition) is 2. The highest BCUT2D eigenvalue weighted by Crippen LogP contribution is 2.34. The van der Waals surface area contributed by atoms with Gasteiger partial charge in [-0.15, -0.1) is 0 Å². The smallest absolute Gasteiger partial charge is 0.0458 e. The lowest BCUT2D eigenvalue weighted by atomic mass is 9.81. The summed E-state index contributed by atoms with van der Waals surface area (Å²) in [6.07, 6.45) is 3.45. The van der Waals surface area contributed by atoms with Crippen LogP contribution in [0.3, 0.4) is 0 Å². The third kappa shape index (κ3) is 3.01. The van der Waals surface area contributed by atoms with Crippen LogP contribution in [0.1, 0.15) is 51.3 Å². The average molecular weight is 258 g/mol. The molecule has 0 aliphatic rings. The van der Waals surface area contributed by atoms with Crippen LogP contribution in [0.4, 0.5) is 0 Å². The van der Waals surface area contributed by atoms with E-state index in [0.29, 0.717) is 6.04 Å². The van der Waals surface area contributed by atoms with Crippen LogP contribution in [0.15, 0.2) is 24.3 Å². The van der Waals surface area contributed by atoms with E-state index in [2.05, 4.69) is 56.9 Å². The lowest BCUT2D eigenvalue weighted by molar-refractivity contribution is 0.430. The first-order chi connectivity index (χ1) is 8.92. The number of aromatic amines is 1. The van der Waals surface area contributed by atoms with Gasteiger partial charge in [-0.2, -0.15) is 0 Å². The fourth-order valence-corrected chi connectivity index (χ4v) is 2.95. The van der Waals surface area contributed by atoms with Gasteiger partial charge >= 0.3 is 0 Å². The molecule has 0 aliphatic carbocycles. The highest BCUT2D eigenvalue weighted by molar-refractivity contribution is 5.84. The summed E-state index contributed by atoms with van der Waals surface area (Å²) in [5, 5.41) is 1.35. The molecule has 1 aromatic heterocycles. The molecular weight excluding hydrogens is 232 g/mol. The molecule has 0 saturated heterocycles. The van der Waals surface area contributed by atoms with E-state index in [-0.39, 0.29) is 5.41 Å². The van der Waals surface area contributed by atoms with Crippen molar-refractivity contribution in [3.8, 4) is 0 Å². The Morgan fingerprint density at radius 1 is 1.26 bits per heavy atom. The molecule has 1 heterocycles.